The lowest BCUT2D eigenvalue weighted by molar-refractivity contribution is 0.248. The number of para-hydroxylation sites is 1. The van der Waals surface area contributed by atoms with Gasteiger partial charge in [0.05, 0.1) is 0 Å². The van der Waals surface area contributed by atoms with Gasteiger partial charge in [-0.2, -0.15) is 0 Å². The summed E-state index contributed by atoms with van der Waals surface area (Å²) in [6, 6.07) is 35.6. The second-order valence-electron chi connectivity index (χ2n) is 8.01. The van der Waals surface area contributed by atoms with Crippen LogP contribution in [0.1, 0.15) is 16.7 Å². The Balaban J connectivity index is 1.40. The fourth-order valence-electron chi connectivity index (χ4n) is 3.66. The molecular weight excluding hydrogens is 408 g/mol. The highest BCUT2D eigenvalue weighted by Crippen LogP contribution is 2.17. The maximum Gasteiger partial charge on any atom is 0.323 e. The van der Waals surface area contributed by atoms with Crippen molar-refractivity contribution in [3.63, 3.8) is 0 Å². The average molecular weight is 437 g/mol. The summed E-state index contributed by atoms with van der Waals surface area (Å²) in [6.45, 7) is 2.44. The van der Waals surface area contributed by atoms with Crippen molar-refractivity contribution in [2.75, 3.05) is 16.4 Å². The lowest BCUT2D eigenvalue weighted by Gasteiger charge is -2.23. The van der Waals surface area contributed by atoms with Gasteiger partial charge in [0.25, 0.3) is 0 Å². The van der Waals surface area contributed by atoms with Crippen LogP contribution in [-0.2, 0) is 19.6 Å². The van der Waals surface area contributed by atoms with E-state index in [9.17, 15) is 4.79 Å². The number of nitrogens with zero attached hydrogens (tertiary/aromatic N) is 1. The molecule has 0 saturated heterocycles. The summed E-state index contributed by atoms with van der Waals surface area (Å²) in [7, 11) is 0. The van der Waals surface area contributed by atoms with Crippen LogP contribution in [-0.4, -0.2) is 10.9 Å². The Morgan fingerprint density at radius 3 is 1.55 bits per heavy atom. The second-order valence-corrected chi connectivity index (χ2v) is 8.01. The average Bonchev–Trinajstić information content (AvgIpc) is 2.83. The molecule has 0 bridgehead atoms. The van der Waals surface area contributed by atoms with Crippen LogP contribution < -0.4 is 16.4 Å². The monoisotopic (exact) mass is 436 g/mol. The minimum Gasteiger partial charge on any atom is -0.399 e. The Bertz CT molecular complexity index is 1140. The molecule has 0 aliphatic rings. The van der Waals surface area contributed by atoms with Crippen LogP contribution in [0.2, 0.25) is 0 Å². The van der Waals surface area contributed by atoms with Gasteiger partial charge < -0.3 is 16.4 Å². The zero-order chi connectivity index (χ0) is 22.9. The van der Waals surface area contributed by atoms with Crippen molar-refractivity contribution in [2.24, 2.45) is 0 Å². The standard InChI is InChI=1S/C28H28N4O/c29-25-15-11-23(12-16-25)20-32(19-22-7-3-1-4-8-22)21-24-13-17-27(18-14-24)31-28(33)30-26-9-5-2-6-10-26/h1-18H,19-21,29H2,(H2,30,31,33). The predicted octanol–water partition coefficient (Wildman–Crippen LogP) is 6.12. The molecule has 33 heavy (non-hydrogen) atoms. The molecule has 0 saturated carbocycles. The number of nitrogens with one attached hydrogen (secondary N) is 2. The van der Waals surface area contributed by atoms with Gasteiger partial charge in [-0.15, -0.1) is 0 Å². The number of hydrogen-bond acceptors (Lipinski definition) is 3. The van der Waals surface area contributed by atoms with Gasteiger partial charge in [-0.3, -0.25) is 4.90 Å². The second kappa shape index (κ2) is 11.0. The van der Waals surface area contributed by atoms with Crippen LogP contribution in [0.5, 0.6) is 0 Å². The maximum atomic E-state index is 12.2. The van der Waals surface area contributed by atoms with Gasteiger partial charge in [0, 0.05) is 36.7 Å². The number of urea groups is 1. The Morgan fingerprint density at radius 1 is 0.576 bits per heavy atom. The number of amides is 2. The first-order chi connectivity index (χ1) is 16.1. The van der Waals surface area contributed by atoms with Crippen molar-refractivity contribution in [3.8, 4) is 0 Å². The SMILES string of the molecule is Nc1ccc(CN(Cc2ccccc2)Cc2ccc(NC(=O)Nc3ccccc3)cc2)cc1. The summed E-state index contributed by atoms with van der Waals surface area (Å²) >= 11 is 0. The van der Waals surface area contributed by atoms with Crippen molar-refractivity contribution in [3.05, 3.63) is 126 Å². The molecule has 2 amide bonds. The number of anilines is 3. The van der Waals surface area contributed by atoms with Gasteiger partial charge in [0.15, 0.2) is 0 Å². The Kier molecular flexibility index (Phi) is 7.36. The van der Waals surface area contributed by atoms with E-state index in [1.807, 2.05) is 60.7 Å². The summed E-state index contributed by atoms with van der Waals surface area (Å²) in [6.07, 6.45) is 0. The molecule has 0 fully saturated rings. The van der Waals surface area contributed by atoms with E-state index >= 15 is 0 Å². The lowest BCUT2D eigenvalue weighted by Crippen LogP contribution is -2.22. The van der Waals surface area contributed by atoms with Crippen molar-refractivity contribution >= 4 is 23.1 Å². The van der Waals surface area contributed by atoms with E-state index in [2.05, 4.69) is 64.1 Å². The normalized spacial score (nSPS) is 10.7. The first kappa shape index (κ1) is 22.1. The zero-order valence-corrected chi connectivity index (χ0v) is 18.4. The van der Waals surface area contributed by atoms with Crippen LogP contribution in [0.15, 0.2) is 109 Å². The third kappa shape index (κ3) is 6.95. The molecule has 4 rings (SSSR count). The van der Waals surface area contributed by atoms with E-state index in [-0.39, 0.29) is 6.03 Å². The zero-order valence-electron chi connectivity index (χ0n) is 18.4. The molecule has 0 aromatic heterocycles. The first-order valence-electron chi connectivity index (χ1n) is 11.0. The number of carbonyl (C=O) groups is 1. The van der Waals surface area contributed by atoms with E-state index in [4.69, 9.17) is 5.73 Å². The molecule has 0 unspecified atom stereocenters. The largest absolute Gasteiger partial charge is 0.399 e. The van der Waals surface area contributed by atoms with E-state index < -0.39 is 0 Å². The van der Waals surface area contributed by atoms with Crippen LogP contribution in [0, 0.1) is 0 Å². The molecule has 0 heterocycles. The van der Waals surface area contributed by atoms with Gasteiger partial charge in [0.1, 0.15) is 0 Å². The van der Waals surface area contributed by atoms with E-state index in [1.165, 1.54) is 16.7 Å². The molecule has 4 aromatic rings. The molecule has 0 spiro atoms. The first-order valence-corrected chi connectivity index (χ1v) is 11.0. The Morgan fingerprint density at radius 2 is 1.00 bits per heavy atom. The number of hydrogen-bond donors (Lipinski definition) is 3. The topological polar surface area (TPSA) is 70.4 Å². The third-order valence-corrected chi connectivity index (χ3v) is 5.28. The smallest absolute Gasteiger partial charge is 0.323 e. The molecule has 0 aliphatic heterocycles. The fraction of sp³-hybridized carbons (Fsp3) is 0.107. The van der Waals surface area contributed by atoms with Crippen molar-refractivity contribution < 1.29 is 4.79 Å². The van der Waals surface area contributed by atoms with Crippen molar-refractivity contribution in [2.45, 2.75) is 19.6 Å². The minimum atomic E-state index is -0.261. The van der Waals surface area contributed by atoms with Crippen LogP contribution in [0.4, 0.5) is 21.9 Å². The Hall–Kier alpha value is -4.09. The highest BCUT2D eigenvalue weighted by atomic mass is 16.2. The van der Waals surface area contributed by atoms with Crippen molar-refractivity contribution in [1.82, 2.24) is 4.90 Å². The molecular formula is C28H28N4O. The number of benzene rings is 4. The summed E-state index contributed by atoms with van der Waals surface area (Å²) in [5, 5.41) is 5.71. The van der Waals surface area contributed by atoms with Crippen LogP contribution in [0.3, 0.4) is 0 Å². The van der Waals surface area contributed by atoms with Gasteiger partial charge in [0.2, 0.25) is 0 Å². The fourth-order valence-corrected chi connectivity index (χ4v) is 3.66. The summed E-state index contributed by atoms with van der Waals surface area (Å²) in [5.41, 5.74) is 11.8. The number of rotatable bonds is 8. The molecule has 5 heteroatoms. The highest BCUT2D eigenvalue weighted by molar-refractivity contribution is 5.99. The molecule has 0 aliphatic carbocycles. The molecule has 0 atom stereocenters. The van der Waals surface area contributed by atoms with E-state index in [0.717, 1.165) is 36.7 Å². The van der Waals surface area contributed by atoms with E-state index in [1.54, 1.807) is 0 Å². The summed E-state index contributed by atoms with van der Waals surface area (Å²) in [4.78, 5) is 14.6. The molecule has 4 aromatic carbocycles. The summed E-state index contributed by atoms with van der Waals surface area (Å²) < 4.78 is 0. The van der Waals surface area contributed by atoms with Gasteiger partial charge in [-0.05, 0) is 53.1 Å². The number of carbonyl (C=O) groups excluding carboxylic acids is 1. The van der Waals surface area contributed by atoms with Gasteiger partial charge in [-0.25, -0.2) is 4.79 Å². The lowest BCUT2D eigenvalue weighted by atomic mass is 10.1. The molecule has 166 valence electrons. The maximum absolute atomic E-state index is 12.2. The number of nitrogens with two attached hydrogens (primary N) is 1. The van der Waals surface area contributed by atoms with Gasteiger partial charge >= 0.3 is 6.03 Å². The van der Waals surface area contributed by atoms with Crippen LogP contribution in [0.25, 0.3) is 0 Å². The third-order valence-electron chi connectivity index (χ3n) is 5.28. The molecule has 0 radical (unpaired) electrons. The van der Waals surface area contributed by atoms with Crippen LogP contribution >= 0.6 is 0 Å². The molecule has 4 N–H and O–H groups in total. The predicted molar refractivity (Wildman–Crippen MR) is 136 cm³/mol. The van der Waals surface area contributed by atoms with E-state index in [0.29, 0.717) is 0 Å². The number of nitrogen functional groups attached to an aromatic ring is 1. The quantitative estimate of drug-likeness (QED) is 0.292. The van der Waals surface area contributed by atoms with Gasteiger partial charge in [-0.1, -0.05) is 72.8 Å². The molecule has 5 nitrogen and oxygen atoms in total. The minimum absolute atomic E-state index is 0.261. The van der Waals surface area contributed by atoms with Crippen molar-refractivity contribution in [1.29, 1.82) is 0 Å². The Labute approximate surface area is 194 Å². The summed E-state index contributed by atoms with van der Waals surface area (Å²) in [5.74, 6) is 0. The highest BCUT2D eigenvalue weighted by Gasteiger charge is 2.09.